The van der Waals surface area contributed by atoms with Gasteiger partial charge in [-0.25, -0.2) is 0 Å². The van der Waals surface area contributed by atoms with E-state index >= 15 is 0 Å². The maximum atomic E-state index is 11.6. The number of likely N-dealkylation sites (tertiary alicyclic amines) is 1. The predicted molar refractivity (Wildman–Crippen MR) is 125 cm³/mol. The van der Waals surface area contributed by atoms with Crippen molar-refractivity contribution < 1.29 is 9.53 Å². The molecule has 2 N–H and O–H groups in total. The first-order chi connectivity index (χ1) is 13.0. The van der Waals surface area contributed by atoms with Gasteiger partial charge < -0.3 is 20.3 Å². The lowest BCUT2D eigenvalue weighted by atomic mass is 9.93. The fourth-order valence-electron chi connectivity index (χ4n) is 3.98. The summed E-state index contributed by atoms with van der Waals surface area (Å²) in [4.78, 5) is 21.5. The molecule has 1 amide bonds. The molecule has 2 saturated heterocycles. The number of aliphatic imine (C=N–C) groups is 1. The van der Waals surface area contributed by atoms with Crippen molar-refractivity contribution in [3.8, 4) is 0 Å². The zero-order valence-electron chi connectivity index (χ0n) is 18.1. The summed E-state index contributed by atoms with van der Waals surface area (Å²) in [6, 6.07) is 0.452. The monoisotopic (exact) mass is 509 g/mol. The maximum Gasteiger partial charge on any atom is 0.220 e. The highest BCUT2D eigenvalue weighted by Gasteiger charge is 2.26. The molecule has 2 aliphatic heterocycles. The van der Waals surface area contributed by atoms with E-state index in [9.17, 15) is 4.79 Å². The van der Waals surface area contributed by atoms with Crippen molar-refractivity contribution in [2.24, 2.45) is 16.8 Å². The van der Waals surface area contributed by atoms with Gasteiger partial charge in [0.05, 0.1) is 19.8 Å². The molecule has 0 aromatic rings. The molecule has 0 aliphatic carbocycles. The van der Waals surface area contributed by atoms with E-state index in [4.69, 9.17) is 9.73 Å². The molecule has 2 rings (SSSR count). The molecule has 0 spiro atoms. The third-order valence-corrected chi connectivity index (χ3v) is 5.71. The van der Waals surface area contributed by atoms with Gasteiger partial charge in [-0.05, 0) is 31.6 Å². The van der Waals surface area contributed by atoms with E-state index in [0.717, 1.165) is 71.3 Å². The van der Waals surface area contributed by atoms with E-state index in [2.05, 4.69) is 41.2 Å². The average Bonchev–Trinajstić information content (AvgIpc) is 2.68. The number of piperidine rings is 1. The van der Waals surface area contributed by atoms with Crippen LogP contribution in [0.1, 0.15) is 40.0 Å². The summed E-state index contributed by atoms with van der Waals surface area (Å²) >= 11 is 0. The highest BCUT2D eigenvalue weighted by molar-refractivity contribution is 14.0. The molecule has 2 aliphatic rings. The molecule has 8 heteroatoms. The number of guanidine groups is 1. The third-order valence-electron chi connectivity index (χ3n) is 5.71. The maximum absolute atomic E-state index is 11.6. The number of nitrogens with zero attached hydrogens (tertiary/aromatic N) is 3. The summed E-state index contributed by atoms with van der Waals surface area (Å²) in [5.74, 6) is 2.22. The number of carbonyl (C=O) groups is 1. The Kier molecular flexibility index (Phi) is 12.3. The second kappa shape index (κ2) is 13.6. The van der Waals surface area contributed by atoms with Gasteiger partial charge in [-0.2, -0.15) is 0 Å². The van der Waals surface area contributed by atoms with Gasteiger partial charge in [-0.15, -0.1) is 24.0 Å². The van der Waals surface area contributed by atoms with E-state index in [1.54, 1.807) is 7.05 Å². The number of rotatable bonds is 7. The number of hydrogen-bond acceptors (Lipinski definition) is 4. The molecule has 1 unspecified atom stereocenters. The third kappa shape index (κ3) is 8.02. The van der Waals surface area contributed by atoms with Crippen molar-refractivity contribution in [3.05, 3.63) is 0 Å². The highest BCUT2D eigenvalue weighted by atomic mass is 127. The molecular formula is C20H40IN5O2. The summed E-state index contributed by atoms with van der Waals surface area (Å²) in [5, 5.41) is 6.21. The van der Waals surface area contributed by atoms with Crippen LogP contribution in [0.25, 0.3) is 0 Å². The van der Waals surface area contributed by atoms with Crippen molar-refractivity contribution in [3.63, 3.8) is 0 Å². The Morgan fingerprint density at radius 1 is 1.18 bits per heavy atom. The fraction of sp³-hybridized carbons (Fsp3) is 0.900. The quantitative estimate of drug-likeness (QED) is 0.311. The van der Waals surface area contributed by atoms with Crippen LogP contribution in [0.5, 0.6) is 0 Å². The lowest BCUT2D eigenvalue weighted by Crippen LogP contribution is -2.49. The Morgan fingerprint density at radius 3 is 2.36 bits per heavy atom. The summed E-state index contributed by atoms with van der Waals surface area (Å²) in [5.41, 5.74) is 0. The molecular weight excluding hydrogens is 469 g/mol. The smallest absolute Gasteiger partial charge is 0.220 e. The van der Waals surface area contributed by atoms with Gasteiger partial charge in [0.2, 0.25) is 5.91 Å². The zero-order valence-corrected chi connectivity index (χ0v) is 20.4. The lowest BCUT2D eigenvalue weighted by Gasteiger charge is -2.37. The van der Waals surface area contributed by atoms with Crippen LogP contribution in [0.15, 0.2) is 4.99 Å². The van der Waals surface area contributed by atoms with Crippen molar-refractivity contribution >= 4 is 35.8 Å². The van der Waals surface area contributed by atoms with E-state index < -0.39 is 0 Å². The Morgan fingerprint density at radius 2 is 1.82 bits per heavy atom. The minimum atomic E-state index is 0. The lowest BCUT2D eigenvalue weighted by molar-refractivity contribution is -0.121. The molecule has 2 fully saturated rings. The zero-order chi connectivity index (χ0) is 19.6. The van der Waals surface area contributed by atoms with Crippen LogP contribution in [0.3, 0.4) is 0 Å². The molecule has 164 valence electrons. The van der Waals surface area contributed by atoms with Crippen LogP contribution in [0.4, 0.5) is 0 Å². The molecule has 0 aromatic carbocycles. The first-order valence-electron chi connectivity index (χ1n) is 10.6. The summed E-state index contributed by atoms with van der Waals surface area (Å²) < 4.78 is 5.51. The Labute approximate surface area is 188 Å². The Bertz CT molecular complexity index is 475. The molecule has 28 heavy (non-hydrogen) atoms. The van der Waals surface area contributed by atoms with Gasteiger partial charge in [0.15, 0.2) is 5.96 Å². The SMILES string of the molecule is CCNC(=NCC(C(C)C)N1CCOCC1)N1CCC(CC(=O)NC)CC1.I. The van der Waals surface area contributed by atoms with Gasteiger partial charge >= 0.3 is 0 Å². The predicted octanol–water partition coefficient (Wildman–Crippen LogP) is 1.77. The van der Waals surface area contributed by atoms with Crippen LogP contribution < -0.4 is 10.6 Å². The second-order valence-electron chi connectivity index (χ2n) is 7.96. The highest BCUT2D eigenvalue weighted by Crippen LogP contribution is 2.21. The van der Waals surface area contributed by atoms with Crippen LogP contribution in [0.2, 0.25) is 0 Å². The molecule has 0 radical (unpaired) electrons. The second-order valence-corrected chi connectivity index (χ2v) is 7.96. The van der Waals surface area contributed by atoms with E-state index in [1.165, 1.54) is 0 Å². The first kappa shape index (κ1) is 25.4. The van der Waals surface area contributed by atoms with Crippen molar-refractivity contribution in [2.75, 3.05) is 59.5 Å². The van der Waals surface area contributed by atoms with Crippen LogP contribution in [-0.2, 0) is 9.53 Å². The van der Waals surface area contributed by atoms with Crippen molar-refractivity contribution in [1.29, 1.82) is 0 Å². The normalized spacial score (nSPS) is 20.6. The Balaban J connectivity index is 0.00000392. The fourth-order valence-corrected chi connectivity index (χ4v) is 3.98. The minimum absolute atomic E-state index is 0. The van der Waals surface area contributed by atoms with Gasteiger partial charge in [-0.3, -0.25) is 14.7 Å². The minimum Gasteiger partial charge on any atom is -0.379 e. The molecule has 2 heterocycles. The van der Waals surface area contributed by atoms with Crippen molar-refractivity contribution in [1.82, 2.24) is 20.4 Å². The number of amides is 1. The Hall–Kier alpha value is -0.610. The number of morpholine rings is 1. The molecule has 0 bridgehead atoms. The topological polar surface area (TPSA) is 69.2 Å². The van der Waals surface area contributed by atoms with E-state index in [1.807, 2.05) is 0 Å². The average molecular weight is 509 g/mol. The summed E-state index contributed by atoms with van der Waals surface area (Å²) in [6.07, 6.45) is 2.74. The molecule has 1 atom stereocenters. The summed E-state index contributed by atoms with van der Waals surface area (Å²) in [6.45, 7) is 14.0. The van der Waals surface area contributed by atoms with Gasteiger partial charge in [0.25, 0.3) is 0 Å². The summed E-state index contributed by atoms with van der Waals surface area (Å²) in [7, 11) is 1.72. The van der Waals surface area contributed by atoms with Crippen LogP contribution in [0, 0.1) is 11.8 Å². The van der Waals surface area contributed by atoms with Crippen LogP contribution in [-0.4, -0.2) is 87.2 Å². The molecule has 0 saturated carbocycles. The number of nitrogens with one attached hydrogen (secondary N) is 2. The molecule has 0 aromatic heterocycles. The van der Waals surface area contributed by atoms with Gasteiger partial charge in [0.1, 0.15) is 0 Å². The van der Waals surface area contributed by atoms with Gasteiger partial charge in [-0.1, -0.05) is 13.8 Å². The number of halogens is 1. The number of ether oxygens (including phenoxy) is 1. The molecule has 7 nitrogen and oxygen atoms in total. The first-order valence-corrected chi connectivity index (χ1v) is 10.6. The number of carbonyl (C=O) groups excluding carboxylic acids is 1. The largest absolute Gasteiger partial charge is 0.379 e. The van der Waals surface area contributed by atoms with E-state index in [-0.39, 0.29) is 29.9 Å². The van der Waals surface area contributed by atoms with Gasteiger partial charge in [0, 0.05) is 52.2 Å². The standard InChI is InChI=1S/C20H39N5O2.HI/c1-5-22-20(25-8-6-17(7-9-25)14-19(26)21-4)23-15-18(16(2)3)24-10-12-27-13-11-24;/h16-18H,5-15H2,1-4H3,(H,21,26)(H,22,23);1H. The van der Waals surface area contributed by atoms with E-state index in [0.29, 0.717) is 24.3 Å². The number of hydrogen-bond donors (Lipinski definition) is 2. The van der Waals surface area contributed by atoms with Crippen molar-refractivity contribution in [2.45, 2.75) is 46.1 Å². The van der Waals surface area contributed by atoms with Crippen LogP contribution >= 0.6 is 24.0 Å².